The lowest BCUT2D eigenvalue weighted by atomic mass is 10.2. The molecule has 144 valence electrons. The maximum Gasteiger partial charge on any atom is 0.267 e. The molecule has 1 aliphatic heterocycles. The average Bonchev–Trinajstić information content (AvgIpc) is 3.14. The second-order valence-electron chi connectivity index (χ2n) is 6.32. The molecule has 1 fully saturated rings. The van der Waals surface area contributed by atoms with Crippen molar-refractivity contribution in [2.75, 3.05) is 32.9 Å². The minimum Gasteiger partial charge on any atom is -0.492 e. The molecule has 0 aliphatic carbocycles. The third-order valence-corrected chi connectivity index (χ3v) is 4.39. The van der Waals surface area contributed by atoms with Gasteiger partial charge in [-0.2, -0.15) is 0 Å². The van der Waals surface area contributed by atoms with E-state index in [0.29, 0.717) is 13.2 Å². The van der Waals surface area contributed by atoms with Gasteiger partial charge in [-0.05, 0) is 35.9 Å². The normalized spacial score (nSPS) is 15.1. The summed E-state index contributed by atoms with van der Waals surface area (Å²) in [7, 11) is 0. The first-order valence-corrected chi connectivity index (χ1v) is 9.04. The SMILES string of the molecule is O=C(/C=C/c1cccn1CCOc1cccc(CN2CCOCC2)c1)NO. The molecule has 2 aromatic rings. The van der Waals surface area contributed by atoms with E-state index in [4.69, 9.17) is 14.7 Å². The van der Waals surface area contributed by atoms with Gasteiger partial charge in [0, 0.05) is 37.6 Å². The van der Waals surface area contributed by atoms with E-state index in [9.17, 15) is 4.79 Å². The highest BCUT2D eigenvalue weighted by atomic mass is 16.5. The van der Waals surface area contributed by atoms with Crippen LogP contribution in [0.15, 0.2) is 48.7 Å². The average molecular weight is 371 g/mol. The van der Waals surface area contributed by atoms with Crippen LogP contribution in [0.3, 0.4) is 0 Å². The fraction of sp³-hybridized carbons (Fsp3) is 0.350. The van der Waals surface area contributed by atoms with Gasteiger partial charge in [-0.3, -0.25) is 14.9 Å². The maximum atomic E-state index is 11.1. The van der Waals surface area contributed by atoms with Crippen molar-refractivity contribution in [1.82, 2.24) is 14.9 Å². The van der Waals surface area contributed by atoms with Crippen molar-refractivity contribution in [3.8, 4) is 5.75 Å². The largest absolute Gasteiger partial charge is 0.492 e. The zero-order chi connectivity index (χ0) is 18.9. The molecule has 2 heterocycles. The number of benzene rings is 1. The van der Waals surface area contributed by atoms with Crippen LogP contribution in [0.25, 0.3) is 6.08 Å². The van der Waals surface area contributed by atoms with Crippen LogP contribution in [-0.4, -0.2) is 53.5 Å². The lowest BCUT2D eigenvalue weighted by Crippen LogP contribution is -2.35. The highest BCUT2D eigenvalue weighted by Gasteiger charge is 2.11. The van der Waals surface area contributed by atoms with Gasteiger partial charge in [-0.1, -0.05) is 12.1 Å². The number of aromatic nitrogens is 1. The molecule has 2 N–H and O–H groups in total. The summed E-state index contributed by atoms with van der Waals surface area (Å²) < 4.78 is 13.3. The highest BCUT2D eigenvalue weighted by Crippen LogP contribution is 2.16. The molecule has 27 heavy (non-hydrogen) atoms. The Morgan fingerprint density at radius 3 is 2.93 bits per heavy atom. The van der Waals surface area contributed by atoms with E-state index in [-0.39, 0.29) is 0 Å². The second-order valence-corrected chi connectivity index (χ2v) is 6.32. The number of rotatable bonds is 8. The number of morpholine rings is 1. The first-order chi connectivity index (χ1) is 13.2. The third kappa shape index (κ3) is 5.96. The van der Waals surface area contributed by atoms with Crippen molar-refractivity contribution in [3.63, 3.8) is 0 Å². The summed E-state index contributed by atoms with van der Waals surface area (Å²) in [6.07, 6.45) is 4.85. The number of carbonyl (C=O) groups is 1. The summed E-state index contributed by atoms with van der Waals surface area (Å²) in [6, 6.07) is 12.0. The minimum absolute atomic E-state index is 0.517. The van der Waals surface area contributed by atoms with Crippen molar-refractivity contribution >= 4 is 12.0 Å². The van der Waals surface area contributed by atoms with Gasteiger partial charge >= 0.3 is 0 Å². The molecule has 1 aromatic heterocycles. The molecule has 1 aromatic carbocycles. The first-order valence-electron chi connectivity index (χ1n) is 9.04. The van der Waals surface area contributed by atoms with E-state index in [1.54, 1.807) is 11.6 Å². The van der Waals surface area contributed by atoms with Crippen molar-refractivity contribution in [2.24, 2.45) is 0 Å². The molecule has 7 nitrogen and oxygen atoms in total. The predicted octanol–water partition coefficient (Wildman–Crippen LogP) is 1.92. The zero-order valence-electron chi connectivity index (χ0n) is 15.2. The summed E-state index contributed by atoms with van der Waals surface area (Å²) in [5, 5.41) is 8.54. The van der Waals surface area contributed by atoms with Gasteiger partial charge in [0.1, 0.15) is 12.4 Å². The van der Waals surface area contributed by atoms with Crippen molar-refractivity contribution < 1.29 is 19.5 Å². The lowest BCUT2D eigenvalue weighted by molar-refractivity contribution is -0.124. The Balaban J connectivity index is 1.51. The second kappa shape index (κ2) is 9.91. The van der Waals surface area contributed by atoms with Crippen LogP contribution >= 0.6 is 0 Å². The van der Waals surface area contributed by atoms with E-state index in [1.807, 2.05) is 35.0 Å². The molecular weight excluding hydrogens is 346 g/mol. The van der Waals surface area contributed by atoms with E-state index < -0.39 is 5.91 Å². The summed E-state index contributed by atoms with van der Waals surface area (Å²) in [6.45, 7) is 5.59. The number of nitrogens with zero attached hydrogens (tertiary/aromatic N) is 2. The van der Waals surface area contributed by atoms with Crippen molar-refractivity contribution in [1.29, 1.82) is 0 Å². The van der Waals surface area contributed by atoms with Crippen LogP contribution in [0.1, 0.15) is 11.3 Å². The Hall–Kier alpha value is -2.61. The van der Waals surface area contributed by atoms with Gasteiger partial charge in [0.25, 0.3) is 5.91 Å². The Morgan fingerprint density at radius 1 is 1.26 bits per heavy atom. The number of hydrogen-bond acceptors (Lipinski definition) is 5. The van der Waals surface area contributed by atoms with Gasteiger partial charge in [-0.25, -0.2) is 5.48 Å². The number of hydroxylamine groups is 1. The lowest BCUT2D eigenvalue weighted by Gasteiger charge is -2.26. The smallest absolute Gasteiger partial charge is 0.267 e. The number of ether oxygens (including phenoxy) is 2. The van der Waals surface area contributed by atoms with E-state index in [0.717, 1.165) is 44.3 Å². The van der Waals surface area contributed by atoms with Gasteiger partial charge < -0.3 is 14.0 Å². The number of amides is 1. The van der Waals surface area contributed by atoms with Crippen LogP contribution in [0.2, 0.25) is 0 Å². The van der Waals surface area contributed by atoms with Gasteiger partial charge in [0.2, 0.25) is 0 Å². The molecule has 3 rings (SSSR count). The summed E-state index contributed by atoms with van der Waals surface area (Å²) in [5.41, 5.74) is 3.67. The van der Waals surface area contributed by atoms with Crippen LogP contribution < -0.4 is 10.2 Å². The topological polar surface area (TPSA) is 76.0 Å². The van der Waals surface area contributed by atoms with E-state index >= 15 is 0 Å². The molecule has 7 heteroatoms. The predicted molar refractivity (Wildman–Crippen MR) is 101 cm³/mol. The van der Waals surface area contributed by atoms with Crippen molar-refractivity contribution in [3.05, 3.63) is 59.9 Å². The molecule has 0 unspecified atom stereocenters. The fourth-order valence-corrected chi connectivity index (χ4v) is 2.99. The summed E-state index contributed by atoms with van der Waals surface area (Å²) in [4.78, 5) is 13.5. The Labute approximate surface area is 158 Å². The summed E-state index contributed by atoms with van der Waals surface area (Å²) >= 11 is 0. The van der Waals surface area contributed by atoms with Gasteiger partial charge in [0.05, 0.1) is 19.8 Å². The maximum absolute atomic E-state index is 11.1. The molecule has 0 saturated carbocycles. The van der Waals surface area contributed by atoms with E-state index in [2.05, 4.69) is 17.0 Å². The highest BCUT2D eigenvalue weighted by molar-refractivity contribution is 5.90. The fourth-order valence-electron chi connectivity index (χ4n) is 2.99. The van der Waals surface area contributed by atoms with Crippen molar-refractivity contribution in [2.45, 2.75) is 13.1 Å². The number of nitrogens with one attached hydrogen (secondary N) is 1. The zero-order valence-corrected chi connectivity index (χ0v) is 15.2. The number of hydrogen-bond donors (Lipinski definition) is 2. The monoisotopic (exact) mass is 371 g/mol. The molecule has 1 saturated heterocycles. The molecule has 0 bridgehead atoms. The standard InChI is InChI=1S/C20H25N3O4/c24-20(21-25)7-6-18-4-2-8-23(18)11-14-27-19-5-1-3-17(15-19)16-22-9-12-26-13-10-22/h1-8,15,25H,9-14,16H2,(H,21,24)/b7-6+. The first kappa shape index (κ1) is 19.2. The quantitative estimate of drug-likeness (QED) is 0.421. The molecular formula is C20H25N3O4. The molecule has 0 radical (unpaired) electrons. The number of carbonyl (C=O) groups excluding carboxylic acids is 1. The van der Waals surface area contributed by atoms with Crippen LogP contribution in [0.4, 0.5) is 0 Å². The Morgan fingerprint density at radius 2 is 2.11 bits per heavy atom. The minimum atomic E-state index is -0.559. The van der Waals surface area contributed by atoms with Crippen LogP contribution in [0.5, 0.6) is 5.75 Å². The summed E-state index contributed by atoms with van der Waals surface area (Å²) in [5.74, 6) is 0.292. The Kier molecular flexibility index (Phi) is 7.04. The van der Waals surface area contributed by atoms with E-state index in [1.165, 1.54) is 11.6 Å². The Bertz CT molecular complexity index is 766. The third-order valence-electron chi connectivity index (χ3n) is 4.39. The molecule has 1 amide bonds. The molecule has 0 spiro atoms. The van der Waals surface area contributed by atoms with Crippen LogP contribution in [0, 0.1) is 0 Å². The van der Waals surface area contributed by atoms with Gasteiger partial charge in [-0.15, -0.1) is 0 Å². The van der Waals surface area contributed by atoms with Crippen LogP contribution in [-0.2, 0) is 22.6 Å². The van der Waals surface area contributed by atoms with Gasteiger partial charge in [0.15, 0.2) is 0 Å². The molecule has 1 aliphatic rings. The molecule has 0 atom stereocenters.